The van der Waals surface area contributed by atoms with E-state index >= 15 is 0 Å². The normalized spacial score (nSPS) is 11.9. The molecule has 0 saturated carbocycles. The van der Waals surface area contributed by atoms with Gasteiger partial charge in [0.15, 0.2) is 0 Å². The van der Waals surface area contributed by atoms with E-state index in [4.69, 9.17) is 9.47 Å². The summed E-state index contributed by atoms with van der Waals surface area (Å²) in [6.07, 6.45) is -6.72. The summed E-state index contributed by atoms with van der Waals surface area (Å²) in [6, 6.07) is 13.1. The topological polar surface area (TPSA) is 18.5 Å². The third kappa shape index (κ3) is 7.04. The molecule has 0 saturated heterocycles. The molecule has 35 heavy (non-hydrogen) atoms. The first-order valence-electron chi connectivity index (χ1n) is 10.9. The standard InChI is InChI=1S/C27H24F6O2/c1-3-5-10-35-25-15-21(14-24(17-25)34-9-4-2)19-8-6-7-18(11-19)20-12-22(26(28,29)30)16-23(13-20)27(31,32)33/h3,6-8,11-17H,1,4-5,9-10H2,2H3. The molecule has 3 aromatic rings. The number of rotatable bonds is 9. The number of ether oxygens (including phenoxy) is 2. The minimum atomic E-state index is -4.92. The summed E-state index contributed by atoms with van der Waals surface area (Å²) < 4.78 is 91.4. The zero-order valence-electron chi connectivity index (χ0n) is 19.0. The molecule has 0 bridgehead atoms. The van der Waals surface area contributed by atoms with E-state index < -0.39 is 23.5 Å². The fourth-order valence-corrected chi connectivity index (χ4v) is 3.38. The van der Waals surface area contributed by atoms with E-state index in [0.29, 0.717) is 42.3 Å². The first kappa shape index (κ1) is 26.2. The number of hydrogen-bond acceptors (Lipinski definition) is 2. The third-order valence-corrected chi connectivity index (χ3v) is 5.06. The van der Waals surface area contributed by atoms with Crippen molar-refractivity contribution in [3.8, 4) is 33.8 Å². The van der Waals surface area contributed by atoms with Gasteiger partial charge in [-0.1, -0.05) is 31.2 Å². The highest BCUT2D eigenvalue weighted by Gasteiger charge is 2.37. The van der Waals surface area contributed by atoms with Crippen molar-refractivity contribution in [1.82, 2.24) is 0 Å². The summed E-state index contributed by atoms with van der Waals surface area (Å²) in [5.41, 5.74) is -1.45. The lowest BCUT2D eigenvalue weighted by Crippen LogP contribution is -2.11. The van der Waals surface area contributed by atoms with Crippen molar-refractivity contribution in [2.24, 2.45) is 0 Å². The quantitative estimate of drug-likeness (QED) is 0.168. The predicted molar refractivity (Wildman–Crippen MR) is 123 cm³/mol. The second kappa shape index (κ2) is 10.9. The SMILES string of the molecule is C=CCCOc1cc(OCCC)cc(-c2cccc(-c3cc(C(F)(F)F)cc(C(F)(F)F)c3)c2)c1. The Kier molecular flexibility index (Phi) is 8.14. The minimum Gasteiger partial charge on any atom is -0.493 e. The van der Waals surface area contributed by atoms with Gasteiger partial charge >= 0.3 is 12.4 Å². The van der Waals surface area contributed by atoms with Crippen molar-refractivity contribution < 1.29 is 35.8 Å². The van der Waals surface area contributed by atoms with E-state index in [1.165, 1.54) is 6.07 Å². The van der Waals surface area contributed by atoms with Gasteiger partial charge in [-0.2, -0.15) is 26.3 Å². The Balaban J connectivity index is 2.07. The van der Waals surface area contributed by atoms with Crippen LogP contribution in [-0.4, -0.2) is 13.2 Å². The Labute approximate surface area is 199 Å². The molecular weight excluding hydrogens is 470 g/mol. The molecule has 8 heteroatoms. The van der Waals surface area contributed by atoms with Crippen molar-refractivity contribution in [3.63, 3.8) is 0 Å². The second-order valence-electron chi connectivity index (χ2n) is 7.84. The lowest BCUT2D eigenvalue weighted by Gasteiger charge is -2.15. The molecule has 186 valence electrons. The molecule has 0 unspecified atom stereocenters. The van der Waals surface area contributed by atoms with Crippen molar-refractivity contribution in [3.05, 3.63) is 84.4 Å². The van der Waals surface area contributed by atoms with Gasteiger partial charge in [0.1, 0.15) is 11.5 Å². The zero-order chi connectivity index (χ0) is 25.6. The summed E-state index contributed by atoms with van der Waals surface area (Å²) in [4.78, 5) is 0. The Morgan fingerprint density at radius 3 is 1.69 bits per heavy atom. The van der Waals surface area contributed by atoms with Gasteiger partial charge in [0.25, 0.3) is 0 Å². The average molecular weight is 494 g/mol. The van der Waals surface area contributed by atoms with E-state index in [-0.39, 0.29) is 17.2 Å². The number of hydrogen-bond donors (Lipinski definition) is 0. The van der Waals surface area contributed by atoms with Crippen LogP contribution in [0.2, 0.25) is 0 Å². The van der Waals surface area contributed by atoms with E-state index in [0.717, 1.165) is 18.6 Å². The van der Waals surface area contributed by atoms with Gasteiger partial charge < -0.3 is 9.47 Å². The van der Waals surface area contributed by atoms with Crippen LogP contribution < -0.4 is 9.47 Å². The molecule has 0 amide bonds. The highest BCUT2D eigenvalue weighted by Crippen LogP contribution is 2.39. The van der Waals surface area contributed by atoms with Crippen LogP contribution >= 0.6 is 0 Å². The Morgan fingerprint density at radius 2 is 1.20 bits per heavy atom. The van der Waals surface area contributed by atoms with E-state index in [2.05, 4.69) is 6.58 Å². The van der Waals surface area contributed by atoms with Gasteiger partial charge in [-0.05, 0) is 71.5 Å². The lowest BCUT2D eigenvalue weighted by molar-refractivity contribution is -0.143. The Morgan fingerprint density at radius 1 is 0.686 bits per heavy atom. The molecule has 2 nitrogen and oxygen atoms in total. The maximum absolute atomic E-state index is 13.3. The molecule has 0 heterocycles. The summed E-state index contributed by atoms with van der Waals surface area (Å²) in [5, 5.41) is 0. The summed E-state index contributed by atoms with van der Waals surface area (Å²) >= 11 is 0. The highest BCUT2D eigenvalue weighted by molar-refractivity contribution is 5.75. The van der Waals surface area contributed by atoms with Crippen LogP contribution in [-0.2, 0) is 12.4 Å². The van der Waals surface area contributed by atoms with Crippen LogP contribution in [0.1, 0.15) is 30.9 Å². The maximum Gasteiger partial charge on any atom is 0.416 e. The molecule has 0 N–H and O–H groups in total. The van der Waals surface area contributed by atoms with Gasteiger partial charge in [0.2, 0.25) is 0 Å². The molecule has 0 aromatic heterocycles. The van der Waals surface area contributed by atoms with E-state index in [1.807, 2.05) is 6.92 Å². The molecule has 0 fully saturated rings. The van der Waals surface area contributed by atoms with Crippen molar-refractivity contribution in [2.45, 2.75) is 32.1 Å². The summed E-state index contributed by atoms with van der Waals surface area (Å²) in [6.45, 7) is 6.47. The minimum absolute atomic E-state index is 0.120. The molecule has 3 aromatic carbocycles. The van der Waals surface area contributed by atoms with Crippen molar-refractivity contribution in [2.75, 3.05) is 13.2 Å². The van der Waals surface area contributed by atoms with Gasteiger partial charge in [-0.15, -0.1) is 6.58 Å². The largest absolute Gasteiger partial charge is 0.493 e. The van der Waals surface area contributed by atoms with Crippen LogP contribution in [0.25, 0.3) is 22.3 Å². The number of alkyl halides is 6. The van der Waals surface area contributed by atoms with Gasteiger partial charge in [0, 0.05) is 6.07 Å². The second-order valence-corrected chi connectivity index (χ2v) is 7.84. The molecule has 0 radical (unpaired) electrons. The predicted octanol–water partition coefficient (Wildman–Crippen LogP) is 8.80. The van der Waals surface area contributed by atoms with Crippen LogP contribution in [0.4, 0.5) is 26.3 Å². The molecular formula is C27H24F6O2. The first-order valence-corrected chi connectivity index (χ1v) is 10.9. The number of halogens is 6. The van der Waals surface area contributed by atoms with Crippen LogP contribution in [0.3, 0.4) is 0 Å². The number of benzene rings is 3. The summed E-state index contributed by atoms with van der Waals surface area (Å²) in [5.74, 6) is 1.07. The van der Waals surface area contributed by atoms with E-state index in [9.17, 15) is 26.3 Å². The molecule has 0 aliphatic rings. The van der Waals surface area contributed by atoms with Crippen molar-refractivity contribution in [1.29, 1.82) is 0 Å². The highest BCUT2D eigenvalue weighted by atomic mass is 19.4. The first-order chi connectivity index (χ1) is 16.5. The van der Waals surface area contributed by atoms with Crippen molar-refractivity contribution >= 4 is 0 Å². The fourth-order valence-electron chi connectivity index (χ4n) is 3.38. The maximum atomic E-state index is 13.3. The van der Waals surface area contributed by atoms with Crippen LogP contribution in [0, 0.1) is 0 Å². The molecule has 0 spiro atoms. The van der Waals surface area contributed by atoms with Gasteiger partial charge in [-0.25, -0.2) is 0 Å². The summed E-state index contributed by atoms with van der Waals surface area (Å²) in [7, 11) is 0. The smallest absolute Gasteiger partial charge is 0.416 e. The Hall–Kier alpha value is -3.42. The fraction of sp³-hybridized carbons (Fsp3) is 0.259. The lowest BCUT2D eigenvalue weighted by atomic mass is 9.96. The van der Waals surface area contributed by atoms with Crippen LogP contribution in [0.5, 0.6) is 11.5 Å². The monoisotopic (exact) mass is 494 g/mol. The molecule has 0 atom stereocenters. The average Bonchev–Trinajstić information content (AvgIpc) is 2.81. The molecule has 3 rings (SSSR count). The molecule has 0 aliphatic heterocycles. The van der Waals surface area contributed by atoms with E-state index in [1.54, 1.807) is 42.5 Å². The zero-order valence-corrected chi connectivity index (χ0v) is 19.0. The Bertz CT molecular complexity index is 1130. The molecule has 0 aliphatic carbocycles. The van der Waals surface area contributed by atoms with Crippen LogP contribution in [0.15, 0.2) is 73.3 Å². The van der Waals surface area contributed by atoms with Gasteiger partial charge in [-0.3, -0.25) is 0 Å². The third-order valence-electron chi connectivity index (χ3n) is 5.06. The van der Waals surface area contributed by atoms with Gasteiger partial charge in [0.05, 0.1) is 24.3 Å².